The number of hydrogen-bond acceptors (Lipinski definition) is 3. The number of nitrogens with one attached hydrogen (secondary N) is 1. The topological polar surface area (TPSA) is 39.1 Å². The SMILES string of the molecule is CCc1nn(C)cc1NC(C)c1ccc(OC)cc1F. The predicted molar refractivity (Wildman–Crippen MR) is 77.6 cm³/mol. The van der Waals surface area contributed by atoms with Crippen LogP contribution in [-0.2, 0) is 13.5 Å². The lowest BCUT2D eigenvalue weighted by Crippen LogP contribution is -2.09. The molecule has 0 fully saturated rings. The van der Waals surface area contributed by atoms with Gasteiger partial charge in [-0.1, -0.05) is 13.0 Å². The van der Waals surface area contributed by atoms with Gasteiger partial charge in [-0.3, -0.25) is 4.68 Å². The Labute approximate surface area is 118 Å². The molecule has 1 heterocycles. The number of nitrogens with zero attached hydrogens (tertiary/aromatic N) is 2. The summed E-state index contributed by atoms with van der Waals surface area (Å²) in [5.74, 6) is 0.250. The summed E-state index contributed by atoms with van der Waals surface area (Å²) in [5.41, 5.74) is 2.53. The summed E-state index contributed by atoms with van der Waals surface area (Å²) in [6.07, 6.45) is 2.75. The second-order valence-corrected chi connectivity index (χ2v) is 4.77. The molecule has 0 amide bonds. The molecule has 1 unspecified atom stereocenters. The van der Waals surface area contributed by atoms with Gasteiger partial charge in [0.15, 0.2) is 0 Å². The van der Waals surface area contributed by atoms with Crippen LogP contribution in [0.3, 0.4) is 0 Å². The fraction of sp³-hybridized carbons (Fsp3) is 0.400. The van der Waals surface area contributed by atoms with Gasteiger partial charge in [-0.05, 0) is 19.4 Å². The van der Waals surface area contributed by atoms with Crippen molar-refractivity contribution in [3.63, 3.8) is 0 Å². The Bertz CT molecular complexity index is 595. The zero-order valence-corrected chi connectivity index (χ0v) is 12.3. The molecular formula is C15H20FN3O. The van der Waals surface area contributed by atoms with Crippen molar-refractivity contribution >= 4 is 5.69 Å². The summed E-state index contributed by atoms with van der Waals surface area (Å²) in [6.45, 7) is 3.98. The molecule has 2 rings (SSSR count). The van der Waals surface area contributed by atoms with Crippen molar-refractivity contribution < 1.29 is 9.13 Å². The Morgan fingerprint density at radius 3 is 2.80 bits per heavy atom. The number of methoxy groups -OCH3 is 1. The van der Waals surface area contributed by atoms with E-state index >= 15 is 0 Å². The molecule has 0 aliphatic carbocycles. The highest BCUT2D eigenvalue weighted by atomic mass is 19.1. The van der Waals surface area contributed by atoms with Gasteiger partial charge >= 0.3 is 0 Å². The van der Waals surface area contributed by atoms with E-state index in [0.29, 0.717) is 11.3 Å². The molecule has 0 bridgehead atoms. The lowest BCUT2D eigenvalue weighted by atomic mass is 10.1. The van der Waals surface area contributed by atoms with Gasteiger partial charge in [0.05, 0.1) is 24.5 Å². The smallest absolute Gasteiger partial charge is 0.132 e. The van der Waals surface area contributed by atoms with Crippen LogP contribution in [0.4, 0.5) is 10.1 Å². The summed E-state index contributed by atoms with van der Waals surface area (Å²) in [7, 11) is 3.41. The van der Waals surface area contributed by atoms with E-state index < -0.39 is 0 Å². The minimum Gasteiger partial charge on any atom is -0.497 e. The zero-order chi connectivity index (χ0) is 14.7. The number of halogens is 1. The first-order valence-corrected chi connectivity index (χ1v) is 6.67. The minimum atomic E-state index is -0.272. The van der Waals surface area contributed by atoms with Crippen LogP contribution < -0.4 is 10.1 Å². The second-order valence-electron chi connectivity index (χ2n) is 4.77. The van der Waals surface area contributed by atoms with Crippen molar-refractivity contribution in [3.8, 4) is 5.75 Å². The minimum absolute atomic E-state index is 0.143. The Morgan fingerprint density at radius 2 is 2.20 bits per heavy atom. The molecule has 0 saturated heterocycles. The number of benzene rings is 1. The molecule has 5 heteroatoms. The largest absolute Gasteiger partial charge is 0.497 e. The predicted octanol–water partition coefficient (Wildman–Crippen LogP) is 3.30. The zero-order valence-electron chi connectivity index (χ0n) is 12.3. The van der Waals surface area contributed by atoms with Crippen LogP contribution in [0.5, 0.6) is 5.75 Å². The Kier molecular flexibility index (Phi) is 4.27. The summed E-state index contributed by atoms with van der Waals surface area (Å²) in [5, 5.41) is 7.68. The van der Waals surface area contributed by atoms with Gasteiger partial charge in [-0.15, -0.1) is 0 Å². The monoisotopic (exact) mass is 277 g/mol. The van der Waals surface area contributed by atoms with E-state index in [9.17, 15) is 4.39 Å². The van der Waals surface area contributed by atoms with E-state index in [0.717, 1.165) is 17.8 Å². The number of aromatic nitrogens is 2. The Morgan fingerprint density at radius 1 is 1.45 bits per heavy atom. The lowest BCUT2D eigenvalue weighted by molar-refractivity contribution is 0.410. The van der Waals surface area contributed by atoms with Crippen LogP contribution >= 0.6 is 0 Å². The normalized spacial score (nSPS) is 12.2. The molecule has 20 heavy (non-hydrogen) atoms. The van der Waals surface area contributed by atoms with Crippen LogP contribution in [0.2, 0.25) is 0 Å². The molecule has 108 valence electrons. The average Bonchev–Trinajstić information content (AvgIpc) is 2.78. The summed E-state index contributed by atoms with van der Waals surface area (Å²) < 4.78 is 20.8. The first-order valence-electron chi connectivity index (χ1n) is 6.67. The van der Waals surface area contributed by atoms with Crippen LogP contribution in [0.25, 0.3) is 0 Å². The number of aryl methyl sites for hydroxylation is 2. The fourth-order valence-corrected chi connectivity index (χ4v) is 2.21. The van der Waals surface area contributed by atoms with Gasteiger partial charge in [0.25, 0.3) is 0 Å². The van der Waals surface area contributed by atoms with E-state index in [2.05, 4.69) is 10.4 Å². The van der Waals surface area contributed by atoms with E-state index in [-0.39, 0.29) is 11.9 Å². The summed E-state index contributed by atoms with van der Waals surface area (Å²) in [6, 6.07) is 4.77. The summed E-state index contributed by atoms with van der Waals surface area (Å²) >= 11 is 0. The van der Waals surface area contributed by atoms with Crippen molar-refractivity contribution in [3.05, 3.63) is 41.5 Å². The van der Waals surface area contributed by atoms with Crippen LogP contribution in [0, 0.1) is 5.82 Å². The highest BCUT2D eigenvalue weighted by Crippen LogP contribution is 2.26. The molecule has 2 aromatic rings. The first-order chi connectivity index (χ1) is 9.55. The van der Waals surface area contributed by atoms with Crippen molar-refractivity contribution in [1.82, 2.24) is 9.78 Å². The molecule has 1 atom stereocenters. The average molecular weight is 277 g/mol. The summed E-state index contributed by atoms with van der Waals surface area (Å²) in [4.78, 5) is 0. The fourth-order valence-electron chi connectivity index (χ4n) is 2.21. The third-order valence-corrected chi connectivity index (χ3v) is 3.29. The quantitative estimate of drug-likeness (QED) is 0.911. The lowest BCUT2D eigenvalue weighted by Gasteiger charge is -2.16. The molecule has 0 saturated carbocycles. The maximum Gasteiger partial charge on any atom is 0.132 e. The van der Waals surface area contributed by atoms with Crippen LogP contribution in [-0.4, -0.2) is 16.9 Å². The van der Waals surface area contributed by atoms with Crippen molar-refractivity contribution in [2.24, 2.45) is 7.05 Å². The molecule has 0 spiro atoms. The molecule has 1 N–H and O–H groups in total. The molecule has 0 radical (unpaired) electrons. The number of ether oxygens (including phenoxy) is 1. The third-order valence-electron chi connectivity index (χ3n) is 3.29. The molecule has 0 aliphatic heterocycles. The van der Waals surface area contributed by atoms with E-state index in [1.54, 1.807) is 16.8 Å². The number of anilines is 1. The maximum absolute atomic E-state index is 14.0. The number of rotatable bonds is 5. The van der Waals surface area contributed by atoms with Crippen LogP contribution in [0.1, 0.15) is 31.1 Å². The highest BCUT2D eigenvalue weighted by Gasteiger charge is 2.14. The van der Waals surface area contributed by atoms with Gasteiger partial charge in [0.2, 0.25) is 0 Å². The molecule has 1 aromatic carbocycles. The van der Waals surface area contributed by atoms with Crippen molar-refractivity contribution in [2.75, 3.05) is 12.4 Å². The van der Waals surface area contributed by atoms with E-state index in [1.165, 1.54) is 13.2 Å². The molecule has 0 aliphatic rings. The third kappa shape index (κ3) is 2.92. The standard InChI is InChI=1S/C15H20FN3O/c1-5-14-15(9-19(3)18-14)17-10(2)12-7-6-11(20-4)8-13(12)16/h6-10,17H,5H2,1-4H3. The Balaban J connectivity index is 2.21. The molecular weight excluding hydrogens is 257 g/mol. The maximum atomic E-state index is 14.0. The Hall–Kier alpha value is -2.04. The first kappa shape index (κ1) is 14.4. The molecule has 1 aromatic heterocycles. The van der Waals surface area contributed by atoms with Crippen molar-refractivity contribution in [2.45, 2.75) is 26.3 Å². The number of hydrogen-bond donors (Lipinski definition) is 1. The second kappa shape index (κ2) is 5.94. The van der Waals surface area contributed by atoms with Gasteiger partial charge in [-0.2, -0.15) is 5.10 Å². The van der Waals surface area contributed by atoms with Gasteiger partial charge < -0.3 is 10.1 Å². The van der Waals surface area contributed by atoms with Crippen LogP contribution in [0.15, 0.2) is 24.4 Å². The van der Waals surface area contributed by atoms with Gasteiger partial charge in [0, 0.05) is 24.9 Å². The van der Waals surface area contributed by atoms with E-state index in [4.69, 9.17) is 4.74 Å². The highest BCUT2D eigenvalue weighted by molar-refractivity contribution is 5.48. The van der Waals surface area contributed by atoms with E-state index in [1.807, 2.05) is 27.1 Å². The van der Waals surface area contributed by atoms with Crippen molar-refractivity contribution in [1.29, 1.82) is 0 Å². The molecule has 4 nitrogen and oxygen atoms in total. The van der Waals surface area contributed by atoms with Gasteiger partial charge in [0.1, 0.15) is 11.6 Å². The van der Waals surface area contributed by atoms with Gasteiger partial charge in [-0.25, -0.2) is 4.39 Å².